The average Bonchev–Trinajstić information content (AvgIpc) is 3.02. The van der Waals surface area contributed by atoms with Gasteiger partial charge in [0.15, 0.2) is 0 Å². The molecule has 0 amide bonds. The van der Waals surface area contributed by atoms with E-state index >= 15 is 0 Å². The molecular weight excluding hydrogens is 370 g/mol. The summed E-state index contributed by atoms with van der Waals surface area (Å²) in [6.45, 7) is 2.22. The molecule has 0 atom stereocenters. The lowest BCUT2D eigenvalue weighted by atomic mass is 10.1. The van der Waals surface area contributed by atoms with Crippen molar-refractivity contribution < 1.29 is 0 Å². The first-order valence-corrected chi connectivity index (χ1v) is 9.52. The molecule has 2 heteroatoms. The van der Waals surface area contributed by atoms with Crippen LogP contribution in [-0.2, 0) is 6.42 Å². The maximum atomic E-state index is 3.72. The van der Waals surface area contributed by atoms with E-state index in [1.165, 1.54) is 39.8 Å². The lowest BCUT2D eigenvalue weighted by Crippen LogP contribution is -1.97. The molecule has 0 aliphatic heterocycles. The normalized spacial score (nSPS) is 11.1. The molecule has 25 heavy (non-hydrogen) atoms. The smallest absolute Gasteiger partial charge is 0.0552 e. The van der Waals surface area contributed by atoms with Crippen LogP contribution in [0.3, 0.4) is 0 Å². The van der Waals surface area contributed by atoms with Gasteiger partial charge in [0.1, 0.15) is 0 Å². The molecule has 1 nitrogen and oxygen atoms in total. The fraction of sp³-hybridized carbons (Fsp3) is 0.130. The van der Waals surface area contributed by atoms with Gasteiger partial charge >= 0.3 is 0 Å². The molecule has 1 aromatic heterocycles. The monoisotopic (exact) mass is 389 g/mol. The molecule has 0 aliphatic rings. The van der Waals surface area contributed by atoms with E-state index in [9.17, 15) is 0 Å². The van der Waals surface area contributed by atoms with Crippen molar-refractivity contribution in [2.75, 3.05) is 0 Å². The van der Waals surface area contributed by atoms with Gasteiger partial charge in [-0.3, -0.25) is 0 Å². The number of para-hydroxylation sites is 1. The molecule has 0 unspecified atom stereocenters. The zero-order valence-corrected chi connectivity index (χ0v) is 15.8. The average molecular weight is 390 g/mol. The first-order chi connectivity index (χ1) is 12.3. The summed E-state index contributed by atoms with van der Waals surface area (Å²) in [4.78, 5) is 0. The van der Waals surface area contributed by atoms with Gasteiger partial charge in [-0.15, -0.1) is 0 Å². The number of fused-ring (bicyclic) bond motifs is 1. The zero-order chi connectivity index (χ0) is 17.2. The van der Waals surface area contributed by atoms with Crippen LogP contribution in [0.15, 0.2) is 83.3 Å². The molecule has 0 saturated carbocycles. The molecule has 0 radical (unpaired) electrons. The second-order valence-electron chi connectivity index (χ2n) is 6.32. The molecule has 1 heterocycles. The van der Waals surface area contributed by atoms with Crippen molar-refractivity contribution in [2.45, 2.75) is 19.8 Å². The van der Waals surface area contributed by atoms with E-state index in [0.717, 1.165) is 10.9 Å². The highest BCUT2D eigenvalue weighted by molar-refractivity contribution is 9.10. The van der Waals surface area contributed by atoms with E-state index in [0.29, 0.717) is 0 Å². The third kappa shape index (κ3) is 3.03. The molecule has 0 spiro atoms. The van der Waals surface area contributed by atoms with Crippen LogP contribution in [0.25, 0.3) is 27.8 Å². The first kappa shape index (κ1) is 16.2. The predicted octanol–water partition coefficient (Wildman–Crippen LogP) is 7.01. The van der Waals surface area contributed by atoms with E-state index in [2.05, 4.69) is 106 Å². The Labute approximate surface area is 157 Å². The van der Waals surface area contributed by atoms with Crippen molar-refractivity contribution in [3.63, 3.8) is 0 Å². The molecule has 0 saturated heterocycles. The lowest BCUT2D eigenvalue weighted by Gasteiger charge is -2.13. The topological polar surface area (TPSA) is 4.93 Å². The summed E-state index contributed by atoms with van der Waals surface area (Å²) < 4.78 is 3.46. The summed E-state index contributed by atoms with van der Waals surface area (Å²) in [7, 11) is 0. The van der Waals surface area contributed by atoms with E-state index in [1.807, 2.05) is 0 Å². The predicted molar refractivity (Wildman–Crippen MR) is 110 cm³/mol. The van der Waals surface area contributed by atoms with Crippen molar-refractivity contribution in [2.24, 2.45) is 0 Å². The molecule has 0 fully saturated rings. The molecule has 0 N–H and O–H groups in total. The lowest BCUT2D eigenvalue weighted by molar-refractivity contribution is 0.920. The Morgan fingerprint density at radius 3 is 2.32 bits per heavy atom. The summed E-state index contributed by atoms with van der Waals surface area (Å²) in [6.07, 6.45) is 2.30. The van der Waals surface area contributed by atoms with Gasteiger partial charge in [-0.1, -0.05) is 77.8 Å². The van der Waals surface area contributed by atoms with Crippen molar-refractivity contribution in [3.8, 4) is 16.9 Å². The first-order valence-electron chi connectivity index (χ1n) is 8.72. The van der Waals surface area contributed by atoms with Gasteiger partial charge in [-0.2, -0.15) is 0 Å². The Bertz CT molecular complexity index is 1010. The summed E-state index contributed by atoms with van der Waals surface area (Å²) in [5.41, 5.74) is 6.24. The summed E-state index contributed by atoms with van der Waals surface area (Å²) in [5.74, 6) is 0. The van der Waals surface area contributed by atoms with Crippen molar-refractivity contribution in [1.29, 1.82) is 0 Å². The van der Waals surface area contributed by atoms with Gasteiger partial charge in [0.25, 0.3) is 0 Å². The molecule has 0 bridgehead atoms. The number of halogens is 1. The van der Waals surface area contributed by atoms with Crippen molar-refractivity contribution in [1.82, 2.24) is 4.57 Å². The molecule has 3 aromatic carbocycles. The van der Waals surface area contributed by atoms with Crippen LogP contribution in [0, 0.1) is 0 Å². The minimum absolute atomic E-state index is 1.11. The number of aromatic nitrogens is 1. The molecule has 124 valence electrons. The van der Waals surface area contributed by atoms with Crippen LogP contribution in [0.1, 0.15) is 18.9 Å². The van der Waals surface area contributed by atoms with Gasteiger partial charge < -0.3 is 4.57 Å². The van der Waals surface area contributed by atoms with E-state index in [4.69, 9.17) is 0 Å². The number of rotatable bonds is 4. The number of aryl methyl sites for hydroxylation is 1. The fourth-order valence-electron chi connectivity index (χ4n) is 3.40. The number of benzene rings is 3. The Kier molecular flexibility index (Phi) is 4.46. The second kappa shape index (κ2) is 6.89. The number of hydrogen-bond acceptors (Lipinski definition) is 0. The molecule has 0 aliphatic carbocycles. The zero-order valence-electron chi connectivity index (χ0n) is 14.2. The highest BCUT2D eigenvalue weighted by atomic mass is 79.9. The van der Waals surface area contributed by atoms with Crippen molar-refractivity contribution >= 4 is 26.8 Å². The number of hydrogen-bond donors (Lipinski definition) is 0. The quantitative estimate of drug-likeness (QED) is 0.353. The minimum Gasteiger partial charge on any atom is -0.309 e. The Morgan fingerprint density at radius 1 is 0.840 bits per heavy atom. The van der Waals surface area contributed by atoms with Crippen LogP contribution >= 0.6 is 15.9 Å². The van der Waals surface area contributed by atoms with Crippen molar-refractivity contribution in [3.05, 3.63) is 88.9 Å². The second-order valence-corrected chi connectivity index (χ2v) is 7.17. The third-order valence-corrected chi connectivity index (χ3v) is 5.29. The van der Waals surface area contributed by atoms with Gasteiger partial charge in [0, 0.05) is 21.1 Å². The van der Waals surface area contributed by atoms with Crippen LogP contribution in [0.4, 0.5) is 0 Å². The van der Waals surface area contributed by atoms with Gasteiger partial charge in [-0.05, 0) is 42.3 Å². The summed E-state index contributed by atoms with van der Waals surface area (Å²) in [5, 5.41) is 1.26. The van der Waals surface area contributed by atoms with E-state index in [1.54, 1.807) is 0 Å². The van der Waals surface area contributed by atoms with Gasteiger partial charge in [-0.25, -0.2) is 0 Å². The highest BCUT2D eigenvalue weighted by Gasteiger charge is 2.14. The Hall–Kier alpha value is -2.32. The summed E-state index contributed by atoms with van der Waals surface area (Å²) in [6, 6.07) is 28.2. The minimum atomic E-state index is 1.11. The SMILES string of the molecule is CCCc1ccc(-n2c(-c3ccccc3Br)cc3ccccc32)cc1. The van der Waals surface area contributed by atoms with E-state index in [-0.39, 0.29) is 0 Å². The largest absolute Gasteiger partial charge is 0.309 e. The fourth-order valence-corrected chi connectivity index (χ4v) is 3.89. The van der Waals surface area contributed by atoms with Gasteiger partial charge in [0.05, 0.1) is 11.2 Å². The Balaban J connectivity index is 1.95. The molecule has 4 rings (SSSR count). The maximum Gasteiger partial charge on any atom is 0.0552 e. The van der Waals surface area contributed by atoms with Gasteiger partial charge in [0.2, 0.25) is 0 Å². The maximum absolute atomic E-state index is 3.72. The third-order valence-electron chi connectivity index (χ3n) is 4.59. The Morgan fingerprint density at radius 2 is 1.56 bits per heavy atom. The summed E-state index contributed by atoms with van der Waals surface area (Å²) >= 11 is 3.72. The van der Waals surface area contributed by atoms with Crippen LogP contribution in [0.5, 0.6) is 0 Å². The number of nitrogens with zero attached hydrogens (tertiary/aromatic N) is 1. The van der Waals surface area contributed by atoms with Crippen LogP contribution < -0.4 is 0 Å². The van der Waals surface area contributed by atoms with Crippen LogP contribution in [0.2, 0.25) is 0 Å². The molecular formula is C23H20BrN. The standard InChI is InChI=1S/C23H20BrN/c1-2-7-17-12-14-19(15-13-17)25-22-11-6-3-8-18(22)16-23(25)20-9-4-5-10-21(20)24/h3-6,8-16H,2,7H2,1H3. The highest BCUT2D eigenvalue weighted by Crippen LogP contribution is 2.35. The van der Waals surface area contributed by atoms with E-state index < -0.39 is 0 Å². The molecule has 4 aromatic rings. The van der Waals surface area contributed by atoms with Crippen LogP contribution in [-0.4, -0.2) is 4.57 Å².